The lowest BCUT2D eigenvalue weighted by atomic mass is 10.1. The zero-order chi connectivity index (χ0) is 9.97. The Labute approximate surface area is 82.3 Å². The summed E-state index contributed by atoms with van der Waals surface area (Å²) in [5.74, 6) is 0. The summed E-state index contributed by atoms with van der Waals surface area (Å²) in [6.45, 7) is 3.67. The Morgan fingerprint density at radius 3 is 2.86 bits per heavy atom. The van der Waals surface area contributed by atoms with Gasteiger partial charge in [-0.1, -0.05) is 18.2 Å². The van der Waals surface area contributed by atoms with Crippen LogP contribution in [0, 0.1) is 0 Å². The van der Waals surface area contributed by atoms with Crippen molar-refractivity contribution in [2.24, 2.45) is 5.73 Å². The van der Waals surface area contributed by atoms with Crippen LogP contribution in [0.25, 0.3) is 11.0 Å². The number of hydrogen-bond acceptors (Lipinski definition) is 3. The summed E-state index contributed by atoms with van der Waals surface area (Å²) in [4.78, 5) is 8.47. The quantitative estimate of drug-likeness (QED) is 0.726. The molecule has 1 unspecified atom stereocenters. The molecule has 1 heterocycles. The van der Waals surface area contributed by atoms with Gasteiger partial charge in [-0.2, -0.15) is 0 Å². The number of rotatable bonds is 2. The van der Waals surface area contributed by atoms with Crippen LogP contribution in [-0.4, -0.2) is 9.97 Å². The second-order valence-corrected chi connectivity index (χ2v) is 3.03. The van der Waals surface area contributed by atoms with Crippen LogP contribution >= 0.6 is 0 Å². The summed E-state index contributed by atoms with van der Waals surface area (Å²) in [6.07, 6.45) is 5.04. The van der Waals surface area contributed by atoms with E-state index in [2.05, 4.69) is 16.5 Å². The van der Waals surface area contributed by atoms with Crippen molar-refractivity contribution >= 4 is 11.0 Å². The van der Waals surface area contributed by atoms with Crippen LogP contribution in [0.4, 0.5) is 0 Å². The molecule has 2 N–H and O–H groups in total. The second kappa shape index (κ2) is 3.55. The number of aromatic nitrogens is 2. The Kier molecular flexibility index (Phi) is 2.24. The molecular formula is C11H11N3. The van der Waals surface area contributed by atoms with Crippen LogP contribution in [0.1, 0.15) is 11.6 Å². The third-order valence-electron chi connectivity index (χ3n) is 2.14. The number of para-hydroxylation sites is 1. The smallest absolute Gasteiger partial charge is 0.0937 e. The number of benzene rings is 1. The molecule has 1 aromatic heterocycles. The normalized spacial score (nSPS) is 12.6. The molecule has 3 nitrogen and oxygen atoms in total. The van der Waals surface area contributed by atoms with E-state index in [0.29, 0.717) is 0 Å². The maximum Gasteiger partial charge on any atom is 0.0937 e. The molecule has 1 aromatic carbocycles. The topological polar surface area (TPSA) is 51.8 Å². The van der Waals surface area contributed by atoms with Crippen molar-refractivity contribution < 1.29 is 0 Å². The monoisotopic (exact) mass is 185 g/mol. The van der Waals surface area contributed by atoms with Crippen LogP contribution in [0.5, 0.6) is 0 Å². The van der Waals surface area contributed by atoms with Gasteiger partial charge in [0.1, 0.15) is 0 Å². The highest BCUT2D eigenvalue weighted by Gasteiger charge is 2.06. The van der Waals surface area contributed by atoms with Gasteiger partial charge in [0.15, 0.2) is 0 Å². The molecule has 0 saturated heterocycles. The first-order valence-electron chi connectivity index (χ1n) is 4.40. The van der Waals surface area contributed by atoms with E-state index in [1.807, 2.05) is 18.2 Å². The molecule has 0 saturated carbocycles. The molecule has 0 amide bonds. The fraction of sp³-hybridized carbons (Fsp3) is 0.0909. The van der Waals surface area contributed by atoms with E-state index in [0.717, 1.165) is 16.6 Å². The first kappa shape index (κ1) is 8.84. The third kappa shape index (κ3) is 1.38. The van der Waals surface area contributed by atoms with E-state index in [1.165, 1.54) is 0 Å². The molecule has 14 heavy (non-hydrogen) atoms. The fourth-order valence-electron chi connectivity index (χ4n) is 1.41. The van der Waals surface area contributed by atoms with Gasteiger partial charge in [-0.15, -0.1) is 6.58 Å². The Balaban J connectivity index is 2.70. The van der Waals surface area contributed by atoms with Crippen LogP contribution in [0.15, 0.2) is 43.2 Å². The molecule has 0 bridgehead atoms. The van der Waals surface area contributed by atoms with Crippen LogP contribution < -0.4 is 5.73 Å². The average molecular weight is 185 g/mol. The average Bonchev–Trinajstić information content (AvgIpc) is 2.27. The van der Waals surface area contributed by atoms with Crippen molar-refractivity contribution in [1.82, 2.24) is 9.97 Å². The maximum atomic E-state index is 5.87. The zero-order valence-corrected chi connectivity index (χ0v) is 7.72. The Morgan fingerprint density at radius 2 is 2.07 bits per heavy atom. The molecular weight excluding hydrogens is 174 g/mol. The molecule has 0 spiro atoms. The first-order valence-corrected chi connectivity index (χ1v) is 4.40. The lowest BCUT2D eigenvalue weighted by Crippen LogP contribution is -2.07. The number of nitrogens with two attached hydrogens (primary N) is 1. The molecule has 1 atom stereocenters. The standard InChI is InChI=1S/C11H11N3/c1-2-9(12)8-4-3-5-10-11(8)14-7-6-13-10/h2-7,9H,1,12H2. The second-order valence-electron chi connectivity index (χ2n) is 3.03. The fourth-order valence-corrected chi connectivity index (χ4v) is 1.41. The largest absolute Gasteiger partial charge is 0.321 e. The minimum absolute atomic E-state index is 0.185. The lowest BCUT2D eigenvalue weighted by molar-refractivity contribution is 0.919. The minimum Gasteiger partial charge on any atom is -0.321 e. The Bertz CT molecular complexity index is 460. The number of fused-ring (bicyclic) bond motifs is 1. The van der Waals surface area contributed by atoms with Crippen molar-refractivity contribution in [2.75, 3.05) is 0 Å². The van der Waals surface area contributed by atoms with Crippen molar-refractivity contribution in [1.29, 1.82) is 0 Å². The zero-order valence-electron chi connectivity index (χ0n) is 7.72. The van der Waals surface area contributed by atoms with Crippen LogP contribution in [-0.2, 0) is 0 Å². The van der Waals surface area contributed by atoms with E-state index in [4.69, 9.17) is 5.73 Å². The molecule has 70 valence electrons. The summed E-state index contributed by atoms with van der Waals surface area (Å²) in [5.41, 5.74) is 8.55. The SMILES string of the molecule is C=CC(N)c1cccc2nccnc12. The van der Waals surface area contributed by atoms with Gasteiger partial charge in [-0.25, -0.2) is 0 Å². The Hall–Kier alpha value is -1.74. The maximum absolute atomic E-state index is 5.87. The van der Waals surface area contributed by atoms with Gasteiger partial charge in [0.25, 0.3) is 0 Å². The van der Waals surface area contributed by atoms with Crippen molar-refractivity contribution in [3.8, 4) is 0 Å². The summed E-state index contributed by atoms with van der Waals surface area (Å²) >= 11 is 0. The van der Waals surface area contributed by atoms with Gasteiger partial charge < -0.3 is 5.73 Å². The van der Waals surface area contributed by atoms with E-state index >= 15 is 0 Å². The predicted octanol–water partition coefficient (Wildman–Crippen LogP) is 1.82. The molecule has 0 aliphatic rings. The molecule has 0 fully saturated rings. The molecule has 2 rings (SSSR count). The summed E-state index contributed by atoms with van der Waals surface area (Å²) < 4.78 is 0. The Morgan fingerprint density at radius 1 is 1.29 bits per heavy atom. The number of hydrogen-bond donors (Lipinski definition) is 1. The molecule has 0 radical (unpaired) electrons. The van der Waals surface area contributed by atoms with Crippen molar-refractivity contribution in [3.63, 3.8) is 0 Å². The van der Waals surface area contributed by atoms with Gasteiger partial charge in [0.2, 0.25) is 0 Å². The summed E-state index contributed by atoms with van der Waals surface area (Å²) in [5, 5.41) is 0. The van der Waals surface area contributed by atoms with Crippen molar-refractivity contribution in [3.05, 3.63) is 48.8 Å². The van der Waals surface area contributed by atoms with Crippen molar-refractivity contribution in [2.45, 2.75) is 6.04 Å². The highest BCUT2D eigenvalue weighted by molar-refractivity contribution is 5.78. The molecule has 0 aliphatic heterocycles. The highest BCUT2D eigenvalue weighted by atomic mass is 14.8. The van der Waals surface area contributed by atoms with E-state index in [-0.39, 0.29) is 6.04 Å². The summed E-state index contributed by atoms with van der Waals surface area (Å²) in [6, 6.07) is 5.61. The third-order valence-corrected chi connectivity index (χ3v) is 2.14. The predicted molar refractivity (Wildman–Crippen MR) is 56.7 cm³/mol. The van der Waals surface area contributed by atoms with E-state index < -0.39 is 0 Å². The lowest BCUT2D eigenvalue weighted by Gasteiger charge is -2.08. The highest BCUT2D eigenvalue weighted by Crippen LogP contribution is 2.19. The van der Waals surface area contributed by atoms with Crippen LogP contribution in [0.2, 0.25) is 0 Å². The van der Waals surface area contributed by atoms with Crippen LogP contribution in [0.3, 0.4) is 0 Å². The van der Waals surface area contributed by atoms with Gasteiger partial charge >= 0.3 is 0 Å². The van der Waals surface area contributed by atoms with E-state index in [9.17, 15) is 0 Å². The van der Waals surface area contributed by atoms with Gasteiger partial charge in [0, 0.05) is 18.0 Å². The molecule has 0 aliphatic carbocycles. The van der Waals surface area contributed by atoms with Gasteiger partial charge in [-0.3, -0.25) is 9.97 Å². The van der Waals surface area contributed by atoms with Gasteiger partial charge in [0.05, 0.1) is 17.1 Å². The van der Waals surface area contributed by atoms with E-state index in [1.54, 1.807) is 18.5 Å². The molecule has 3 heteroatoms. The first-order chi connectivity index (χ1) is 6.83. The number of nitrogens with zero attached hydrogens (tertiary/aromatic N) is 2. The minimum atomic E-state index is -0.185. The summed E-state index contributed by atoms with van der Waals surface area (Å²) in [7, 11) is 0. The van der Waals surface area contributed by atoms with Gasteiger partial charge in [-0.05, 0) is 6.07 Å². The molecule has 2 aromatic rings.